The van der Waals surface area contributed by atoms with Crippen molar-refractivity contribution in [1.82, 2.24) is 0 Å². The molecule has 0 aliphatic carbocycles. The molecule has 1 fully saturated rings. The Labute approximate surface area is 77.1 Å². The number of epoxide rings is 1. The molecule has 1 aromatic carbocycles. The minimum absolute atomic E-state index is 0.571. The molecule has 0 aromatic heterocycles. The highest BCUT2D eigenvalue weighted by molar-refractivity contribution is 7.99. The fraction of sp³-hybridized carbons (Fsp3) is 0.400. The van der Waals surface area contributed by atoms with Crippen LogP contribution in [0.5, 0.6) is 0 Å². The standard InChI is InChI=1S/C10H12OS/c1-2-4-10(5-3-1)12-7-6-9-8-11-9/h1-5,9H,6-8H2. The van der Waals surface area contributed by atoms with E-state index in [1.807, 2.05) is 17.8 Å². The summed E-state index contributed by atoms with van der Waals surface area (Å²) in [6.07, 6.45) is 1.76. The molecule has 0 bridgehead atoms. The van der Waals surface area contributed by atoms with Gasteiger partial charge in [0.2, 0.25) is 0 Å². The van der Waals surface area contributed by atoms with Crippen molar-refractivity contribution in [2.75, 3.05) is 12.4 Å². The van der Waals surface area contributed by atoms with Crippen LogP contribution in [0.3, 0.4) is 0 Å². The first-order valence-corrected chi connectivity index (χ1v) is 5.23. The van der Waals surface area contributed by atoms with Gasteiger partial charge in [-0.15, -0.1) is 11.8 Å². The lowest BCUT2D eigenvalue weighted by Crippen LogP contribution is -1.87. The van der Waals surface area contributed by atoms with E-state index in [0.29, 0.717) is 6.10 Å². The Morgan fingerprint density at radius 1 is 1.33 bits per heavy atom. The van der Waals surface area contributed by atoms with Crippen LogP contribution >= 0.6 is 11.8 Å². The lowest BCUT2D eigenvalue weighted by atomic mass is 10.4. The van der Waals surface area contributed by atoms with Crippen LogP contribution in [0, 0.1) is 0 Å². The zero-order chi connectivity index (χ0) is 8.23. The van der Waals surface area contributed by atoms with Crippen molar-refractivity contribution in [1.29, 1.82) is 0 Å². The molecule has 1 nitrogen and oxygen atoms in total. The second-order valence-electron chi connectivity index (χ2n) is 2.91. The predicted molar refractivity (Wildman–Crippen MR) is 51.5 cm³/mol. The van der Waals surface area contributed by atoms with Gasteiger partial charge in [-0.3, -0.25) is 0 Å². The van der Waals surface area contributed by atoms with Gasteiger partial charge in [-0.2, -0.15) is 0 Å². The van der Waals surface area contributed by atoms with Crippen molar-refractivity contribution >= 4 is 11.8 Å². The third-order valence-electron chi connectivity index (χ3n) is 1.85. The largest absolute Gasteiger partial charge is 0.373 e. The number of benzene rings is 1. The van der Waals surface area contributed by atoms with Gasteiger partial charge in [0.05, 0.1) is 12.7 Å². The lowest BCUT2D eigenvalue weighted by Gasteiger charge is -1.98. The summed E-state index contributed by atoms with van der Waals surface area (Å²) in [6, 6.07) is 10.5. The van der Waals surface area contributed by atoms with Crippen LogP contribution in [0.25, 0.3) is 0 Å². The molecule has 0 amide bonds. The first kappa shape index (κ1) is 8.14. The summed E-state index contributed by atoms with van der Waals surface area (Å²) in [6.45, 7) is 0.981. The van der Waals surface area contributed by atoms with E-state index in [0.717, 1.165) is 6.61 Å². The van der Waals surface area contributed by atoms with Gasteiger partial charge in [-0.1, -0.05) is 18.2 Å². The van der Waals surface area contributed by atoms with E-state index < -0.39 is 0 Å². The normalized spacial score (nSPS) is 20.8. The van der Waals surface area contributed by atoms with E-state index in [1.54, 1.807) is 0 Å². The fourth-order valence-corrected chi connectivity index (χ4v) is 2.03. The Morgan fingerprint density at radius 3 is 2.75 bits per heavy atom. The highest BCUT2D eigenvalue weighted by Crippen LogP contribution is 2.22. The van der Waals surface area contributed by atoms with Crippen molar-refractivity contribution < 1.29 is 4.74 Å². The molecule has 12 heavy (non-hydrogen) atoms. The summed E-state index contributed by atoms with van der Waals surface area (Å²) in [5.41, 5.74) is 0. The van der Waals surface area contributed by atoms with Crippen LogP contribution in [-0.2, 0) is 4.74 Å². The average Bonchev–Trinajstić information content (AvgIpc) is 2.90. The fourth-order valence-electron chi connectivity index (χ4n) is 1.06. The first-order valence-electron chi connectivity index (χ1n) is 4.24. The molecular weight excluding hydrogens is 168 g/mol. The Bertz CT molecular complexity index is 231. The van der Waals surface area contributed by atoms with E-state index >= 15 is 0 Å². The molecule has 1 aliphatic rings. The second-order valence-corrected chi connectivity index (χ2v) is 4.07. The van der Waals surface area contributed by atoms with E-state index in [9.17, 15) is 0 Å². The minimum Gasteiger partial charge on any atom is -0.373 e. The molecule has 1 heterocycles. The first-order chi connectivity index (χ1) is 5.95. The number of thioether (sulfide) groups is 1. The van der Waals surface area contributed by atoms with Crippen LogP contribution in [0.15, 0.2) is 35.2 Å². The third-order valence-corrected chi connectivity index (χ3v) is 2.90. The SMILES string of the molecule is c1ccc(SCCC2CO2)cc1. The van der Waals surface area contributed by atoms with Crippen molar-refractivity contribution in [2.24, 2.45) is 0 Å². The number of hydrogen-bond acceptors (Lipinski definition) is 2. The maximum Gasteiger partial charge on any atom is 0.0817 e. The molecule has 1 atom stereocenters. The number of ether oxygens (including phenoxy) is 1. The summed E-state index contributed by atoms with van der Waals surface area (Å²) >= 11 is 1.91. The van der Waals surface area contributed by atoms with E-state index in [1.165, 1.54) is 17.1 Å². The molecule has 0 radical (unpaired) electrons. The quantitative estimate of drug-likeness (QED) is 0.521. The zero-order valence-corrected chi connectivity index (χ0v) is 7.72. The van der Waals surface area contributed by atoms with Crippen molar-refractivity contribution in [3.63, 3.8) is 0 Å². The maximum absolute atomic E-state index is 5.13. The van der Waals surface area contributed by atoms with Gasteiger partial charge in [0, 0.05) is 10.6 Å². The van der Waals surface area contributed by atoms with Gasteiger partial charge >= 0.3 is 0 Å². The molecule has 1 saturated heterocycles. The van der Waals surface area contributed by atoms with Gasteiger partial charge in [-0.25, -0.2) is 0 Å². The van der Waals surface area contributed by atoms with E-state index in [4.69, 9.17) is 4.74 Å². The highest BCUT2D eigenvalue weighted by atomic mass is 32.2. The van der Waals surface area contributed by atoms with Gasteiger partial charge < -0.3 is 4.74 Å². The number of hydrogen-bond donors (Lipinski definition) is 0. The second kappa shape index (κ2) is 3.97. The number of rotatable bonds is 4. The van der Waals surface area contributed by atoms with Gasteiger partial charge in [0.15, 0.2) is 0 Å². The molecule has 2 rings (SSSR count). The molecule has 1 aromatic rings. The predicted octanol–water partition coefficient (Wildman–Crippen LogP) is 2.57. The summed E-state index contributed by atoms with van der Waals surface area (Å²) in [7, 11) is 0. The maximum atomic E-state index is 5.13. The average molecular weight is 180 g/mol. The lowest BCUT2D eigenvalue weighted by molar-refractivity contribution is 0.404. The molecule has 1 aliphatic heterocycles. The van der Waals surface area contributed by atoms with Crippen LogP contribution in [0.4, 0.5) is 0 Å². The molecule has 1 unspecified atom stereocenters. The Balaban J connectivity index is 1.72. The Kier molecular flexibility index (Phi) is 2.69. The third kappa shape index (κ3) is 2.54. The minimum atomic E-state index is 0.571. The smallest absolute Gasteiger partial charge is 0.0817 e. The van der Waals surface area contributed by atoms with Crippen LogP contribution in [0.2, 0.25) is 0 Å². The highest BCUT2D eigenvalue weighted by Gasteiger charge is 2.21. The summed E-state index contributed by atoms with van der Waals surface area (Å²) in [4.78, 5) is 1.36. The summed E-state index contributed by atoms with van der Waals surface area (Å²) in [5, 5.41) is 0. The van der Waals surface area contributed by atoms with Gasteiger partial charge in [0.25, 0.3) is 0 Å². The Hall–Kier alpha value is -0.470. The van der Waals surface area contributed by atoms with Crippen molar-refractivity contribution in [2.45, 2.75) is 17.4 Å². The monoisotopic (exact) mass is 180 g/mol. The topological polar surface area (TPSA) is 12.5 Å². The van der Waals surface area contributed by atoms with E-state index in [2.05, 4.69) is 24.3 Å². The molecule has 64 valence electrons. The molecule has 0 saturated carbocycles. The Morgan fingerprint density at radius 2 is 2.08 bits per heavy atom. The zero-order valence-electron chi connectivity index (χ0n) is 6.90. The summed E-state index contributed by atoms with van der Waals surface area (Å²) < 4.78 is 5.13. The van der Waals surface area contributed by atoms with Crippen molar-refractivity contribution in [3.8, 4) is 0 Å². The van der Waals surface area contributed by atoms with Crippen LogP contribution in [0.1, 0.15) is 6.42 Å². The van der Waals surface area contributed by atoms with Gasteiger partial charge in [-0.05, 0) is 18.6 Å². The van der Waals surface area contributed by atoms with Crippen LogP contribution in [-0.4, -0.2) is 18.5 Å². The van der Waals surface area contributed by atoms with Crippen molar-refractivity contribution in [3.05, 3.63) is 30.3 Å². The van der Waals surface area contributed by atoms with Crippen LogP contribution < -0.4 is 0 Å². The molecule has 0 N–H and O–H groups in total. The molecule has 2 heteroatoms. The summed E-state index contributed by atoms with van der Waals surface area (Å²) in [5.74, 6) is 1.18. The van der Waals surface area contributed by atoms with Gasteiger partial charge in [0.1, 0.15) is 0 Å². The molecular formula is C10H12OS. The van der Waals surface area contributed by atoms with E-state index in [-0.39, 0.29) is 0 Å². The molecule has 0 spiro atoms.